The Balaban J connectivity index is 0.00000124. The monoisotopic (exact) mass is 406 g/mol. The van der Waals surface area contributed by atoms with E-state index in [-0.39, 0.29) is 0 Å². The molecule has 0 aliphatic heterocycles. The second-order valence-corrected chi connectivity index (χ2v) is 9.64. The molecule has 3 fully saturated rings. The van der Waals surface area contributed by atoms with E-state index in [0.717, 1.165) is 18.3 Å². The summed E-state index contributed by atoms with van der Waals surface area (Å²) in [6.45, 7) is 10.9. The molecule has 0 heterocycles. The van der Waals surface area contributed by atoms with Crippen molar-refractivity contribution in [2.45, 2.75) is 91.4 Å². The summed E-state index contributed by atoms with van der Waals surface area (Å²) < 4.78 is 0. The summed E-state index contributed by atoms with van der Waals surface area (Å²) in [4.78, 5) is 0. The summed E-state index contributed by atoms with van der Waals surface area (Å²) >= 11 is 0. The van der Waals surface area contributed by atoms with Gasteiger partial charge in [0, 0.05) is 0 Å². The van der Waals surface area contributed by atoms with Crippen LogP contribution in [0.1, 0.15) is 90.5 Å². The molecule has 0 amide bonds. The summed E-state index contributed by atoms with van der Waals surface area (Å²) in [6.07, 6.45) is 19.2. The van der Waals surface area contributed by atoms with Gasteiger partial charge in [-0.1, -0.05) is 62.8 Å². The molecule has 30 heavy (non-hydrogen) atoms. The highest BCUT2D eigenvalue weighted by atomic mass is 16.3. The molecule has 164 valence electrons. The first-order valence-electron chi connectivity index (χ1n) is 12.4. The van der Waals surface area contributed by atoms with Crippen molar-refractivity contribution in [1.29, 1.82) is 0 Å². The van der Waals surface area contributed by atoms with Gasteiger partial charge in [-0.2, -0.15) is 0 Å². The van der Waals surface area contributed by atoms with E-state index in [2.05, 4.69) is 37.8 Å². The predicted octanol–water partition coefficient (Wildman–Crippen LogP) is 8.55. The molecule has 1 aromatic rings. The van der Waals surface area contributed by atoms with E-state index < -0.39 is 0 Å². The third kappa shape index (κ3) is 5.10. The minimum atomic E-state index is 0.369. The molecule has 0 bridgehead atoms. The number of rotatable bonds is 4. The molecule has 3 aliphatic carbocycles. The Labute approximate surface area is 185 Å². The van der Waals surface area contributed by atoms with E-state index in [0.29, 0.717) is 11.2 Å². The topological polar surface area (TPSA) is 20.2 Å². The van der Waals surface area contributed by atoms with Crippen LogP contribution in [0.2, 0.25) is 0 Å². The molecular formula is C29H42O. The number of fused-ring (bicyclic) bond motifs is 1. The molecule has 0 aromatic heterocycles. The van der Waals surface area contributed by atoms with Gasteiger partial charge in [0.25, 0.3) is 0 Å². The fourth-order valence-electron chi connectivity index (χ4n) is 6.22. The normalized spacial score (nSPS) is 31.4. The third-order valence-electron chi connectivity index (χ3n) is 8.01. The van der Waals surface area contributed by atoms with Crippen LogP contribution in [0.15, 0.2) is 59.7 Å². The first-order chi connectivity index (χ1) is 14.6. The van der Waals surface area contributed by atoms with E-state index in [4.69, 9.17) is 0 Å². The van der Waals surface area contributed by atoms with Crippen LogP contribution in [0, 0.1) is 17.3 Å². The number of hydrogen-bond donors (Lipinski definition) is 1. The quantitative estimate of drug-likeness (QED) is 0.531. The maximum Gasteiger partial charge on any atom is 0.115 e. The van der Waals surface area contributed by atoms with Crippen molar-refractivity contribution in [2.75, 3.05) is 0 Å². The Morgan fingerprint density at radius 1 is 1.00 bits per heavy atom. The highest BCUT2D eigenvalue weighted by molar-refractivity contribution is 5.35. The number of aryl methyl sites for hydroxylation is 1. The molecule has 0 spiro atoms. The van der Waals surface area contributed by atoms with E-state index in [9.17, 15) is 5.11 Å². The van der Waals surface area contributed by atoms with Gasteiger partial charge < -0.3 is 5.11 Å². The number of allylic oxidation sites excluding steroid dienone is 5. The van der Waals surface area contributed by atoms with E-state index in [1.54, 1.807) is 5.57 Å². The zero-order chi connectivity index (χ0) is 21.6. The zero-order valence-electron chi connectivity index (χ0n) is 19.6. The van der Waals surface area contributed by atoms with Crippen molar-refractivity contribution < 1.29 is 5.11 Å². The van der Waals surface area contributed by atoms with Crippen LogP contribution < -0.4 is 0 Å². The molecule has 3 saturated carbocycles. The van der Waals surface area contributed by atoms with Gasteiger partial charge in [0.2, 0.25) is 0 Å². The number of hydrogen-bond acceptors (Lipinski definition) is 1. The van der Waals surface area contributed by atoms with E-state index in [1.807, 2.05) is 26.0 Å². The van der Waals surface area contributed by atoms with Gasteiger partial charge in [0.1, 0.15) is 5.75 Å². The molecule has 1 heteroatoms. The Morgan fingerprint density at radius 2 is 1.73 bits per heavy atom. The number of phenols is 1. The van der Waals surface area contributed by atoms with Crippen LogP contribution in [0.25, 0.3) is 0 Å². The lowest BCUT2D eigenvalue weighted by atomic mass is 9.62. The average Bonchev–Trinajstić information content (AvgIpc) is 3.11. The lowest BCUT2D eigenvalue weighted by Gasteiger charge is -2.42. The molecular weight excluding hydrogens is 364 g/mol. The third-order valence-corrected chi connectivity index (χ3v) is 8.01. The average molecular weight is 407 g/mol. The van der Waals surface area contributed by atoms with Crippen molar-refractivity contribution in [3.05, 3.63) is 65.3 Å². The molecule has 4 rings (SSSR count). The van der Waals surface area contributed by atoms with Crippen LogP contribution in [-0.2, 0) is 6.42 Å². The standard InChI is InChI=1S/C27H36O.C2H6/c1-20-6-3-4-7-22(20)12-13-23-8-5-19-27(2)24(15-18-26(23)27)14-9-21-10-16-25(28)17-11-21;1-2/h10-13,16-17,24,26,28H,1,3-9,14-15,18-19H2,2H3;1-2H3/b22-12-,23-13+;. The first-order valence-corrected chi connectivity index (χ1v) is 12.4. The van der Waals surface area contributed by atoms with Crippen molar-refractivity contribution in [3.8, 4) is 5.75 Å². The molecule has 3 atom stereocenters. The SMILES string of the molecule is C=C1CCCC/C1=C/C=C1\CCCC2(C)C(CCc3ccc(O)cc3)CCC12.CC. The van der Waals surface area contributed by atoms with E-state index >= 15 is 0 Å². The van der Waals surface area contributed by atoms with Crippen LogP contribution in [-0.4, -0.2) is 5.11 Å². The zero-order valence-corrected chi connectivity index (χ0v) is 19.6. The smallest absolute Gasteiger partial charge is 0.115 e. The molecule has 3 unspecified atom stereocenters. The highest BCUT2D eigenvalue weighted by Crippen LogP contribution is 2.58. The molecule has 1 nitrogen and oxygen atoms in total. The molecule has 3 aliphatic rings. The fraction of sp³-hybridized carbons (Fsp3) is 0.586. The Hall–Kier alpha value is -1.76. The van der Waals surface area contributed by atoms with Crippen LogP contribution in [0.4, 0.5) is 0 Å². The van der Waals surface area contributed by atoms with E-state index in [1.165, 1.54) is 80.9 Å². The van der Waals surface area contributed by atoms with Crippen LogP contribution in [0.3, 0.4) is 0 Å². The second-order valence-electron chi connectivity index (χ2n) is 9.64. The molecule has 1 aromatic carbocycles. The highest BCUT2D eigenvalue weighted by Gasteiger charge is 2.48. The summed E-state index contributed by atoms with van der Waals surface area (Å²) in [6, 6.07) is 7.81. The minimum absolute atomic E-state index is 0.369. The molecule has 1 N–H and O–H groups in total. The van der Waals surface area contributed by atoms with Crippen LogP contribution in [0.5, 0.6) is 5.75 Å². The second kappa shape index (κ2) is 10.5. The van der Waals surface area contributed by atoms with Crippen molar-refractivity contribution in [3.63, 3.8) is 0 Å². The van der Waals surface area contributed by atoms with Gasteiger partial charge in [-0.25, -0.2) is 0 Å². The van der Waals surface area contributed by atoms with Crippen molar-refractivity contribution in [2.24, 2.45) is 17.3 Å². The van der Waals surface area contributed by atoms with Crippen LogP contribution >= 0.6 is 0 Å². The number of phenolic OH excluding ortho intramolecular Hbond substituents is 1. The fourth-order valence-corrected chi connectivity index (χ4v) is 6.22. The van der Waals surface area contributed by atoms with Crippen molar-refractivity contribution >= 4 is 0 Å². The number of benzene rings is 1. The maximum absolute atomic E-state index is 9.51. The number of aromatic hydroxyl groups is 1. The van der Waals surface area contributed by atoms with Gasteiger partial charge in [-0.3, -0.25) is 0 Å². The maximum atomic E-state index is 9.51. The summed E-state index contributed by atoms with van der Waals surface area (Å²) in [5, 5.41) is 9.51. The Bertz CT molecular complexity index is 766. The minimum Gasteiger partial charge on any atom is -0.508 e. The van der Waals surface area contributed by atoms with Gasteiger partial charge in [-0.15, -0.1) is 0 Å². The molecule has 0 saturated heterocycles. The lowest BCUT2D eigenvalue weighted by Crippen LogP contribution is -2.33. The van der Waals surface area contributed by atoms with Gasteiger partial charge in [0.15, 0.2) is 0 Å². The van der Waals surface area contributed by atoms with Crippen molar-refractivity contribution in [1.82, 2.24) is 0 Å². The van der Waals surface area contributed by atoms with Gasteiger partial charge in [0.05, 0.1) is 0 Å². The van der Waals surface area contributed by atoms with Gasteiger partial charge >= 0.3 is 0 Å². The summed E-state index contributed by atoms with van der Waals surface area (Å²) in [5.74, 6) is 1.97. The first kappa shape index (κ1) is 22.9. The largest absolute Gasteiger partial charge is 0.508 e. The Morgan fingerprint density at radius 3 is 2.47 bits per heavy atom. The summed E-state index contributed by atoms with van der Waals surface area (Å²) in [5.41, 5.74) is 6.43. The molecule has 0 radical (unpaired) electrons. The Kier molecular flexibility index (Phi) is 8.03. The summed E-state index contributed by atoms with van der Waals surface area (Å²) in [7, 11) is 0. The predicted molar refractivity (Wildman–Crippen MR) is 130 cm³/mol. The van der Waals surface area contributed by atoms with Gasteiger partial charge in [-0.05, 0) is 111 Å². The lowest BCUT2D eigenvalue weighted by molar-refractivity contribution is 0.129.